The molecule has 158 valence electrons. The molecule has 0 aliphatic carbocycles. The summed E-state index contributed by atoms with van der Waals surface area (Å²) in [6.45, 7) is 5.12. The minimum absolute atomic E-state index is 0.0796. The molecular weight excluding hydrogens is 438 g/mol. The minimum atomic E-state index is 0.0796. The van der Waals surface area contributed by atoms with Gasteiger partial charge in [0.15, 0.2) is 5.13 Å². The number of amides is 1. The smallest absolute Gasteiger partial charge is 0.239 e. The van der Waals surface area contributed by atoms with Gasteiger partial charge in [-0.1, -0.05) is 35.1 Å². The molecule has 1 aliphatic rings. The minimum Gasteiger partial charge on any atom is -0.379 e. The summed E-state index contributed by atoms with van der Waals surface area (Å²) < 4.78 is 6.52. The lowest BCUT2D eigenvalue weighted by Gasteiger charge is -2.27. The summed E-state index contributed by atoms with van der Waals surface area (Å²) in [5.41, 5.74) is 0.939. The predicted molar refractivity (Wildman–Crippen MR) is 126 cm³/mol. The van der Waals surface area contributed by atoms with Gasteiger partial charge < -0.3 is 4.74 Å². The fourth-order valence-corrected chi connectivity index (χ4v) is 5.24. The Morgan fingerprint density at radius 2 is 1.93 bits per heavy atom. The summed E-state index contributed by atoms with van der Waals surface area (Å²) in [6, 6.07) is 15.6. The van der Waals surface area contributed by atoms with Crippen LogP contribution in [0.3, 0.4) is 0 Å². The maximum absolute atomic E-state index is 13.2. The molecular formula is C22H24ClN3O2S2. The largest absolute Gasteiger partial charge is 0.379 e. The number of ether oxygens (including phenoxy) is 1. The second-order valence-corrected chi connectivity index (χ2v) is 9.55. The van der Waals surface area contributed by atoms with E-state index in [1.807, 2.05) is 47.4 Å². The Hall–Kier alpha value is -1.64. The molecule has 1 aliphatic heterocycles. The van der Waals surface area contributed by atoms with Crippen LogP contribution in [0.4, 0.5) is 5.13 Å². The maximum atomic E-state index is 13.2. The van der Waals surface area contributed by atoms with Crippen molar-refractivity contribution in [3.05, 3.63) is 53.6 Å². The molecule has 2 heterocycles. The highest BCUT2D eigenvalue weighted by atomic mass is 35.5. The van der Waals surface area contributed by atoms with Crippen molar-refractivity contribution in [1.82, 2.24) is 9.88 Å². The summed E-state index contributed by atoms with van der Waals surface area (Å²) in [7, 11) is 0. The molecule has 1 saturated heterocycles. The van der Waals surface area contributed by atoms with Crippen molar-refractivity contribution in [2.75, 3.05) is 50.0 Å². The molecule has 30 heavy (non-hydrogen) atoms. The number of rotatable bonds is 8. The van der Waals surface area contributed by atoms with Crippen molar-refractivity contribution in [3.8, 4) is 0 Å². The first-order chi connectivity index (χ1) is 14.7. The lowest BCUT2D eigenvalue weighted by Crippen LogP contribution is -2.39. The molecule has 0 atom stereocenters. The number of fused-ring (bicyclic) bond motifs is 1. The van der Waals surface area contributed by atoms with Crippen LogP contribution in [0.15, 0.2) is 53.4 Å². The van der Waals surface area contributed by atoms with Crippen LogP contribution in [0.25, 0.3) is 10.2 Å². The molecule has 0 unspecified atom stereocenters. The van der Waals surface area contributed by atoms with Gasteiger partial charge in [-0.15, -0.1) is 11.8 Å². The van der Waals surface area contributed by atoms with E-state index in [-0.39, 0.29) is 5.91 Å². The number of aromatic nitrogens is 1. The van der Waals surface area contributed by atoms with E-state index >= 15 is 0 Å². The number of hydrogen-bond acceptors (Lipinski definition) is 6. The molecule has 0 radical (unpaired) electrons. The molecule has 8 heteroatoms. The SMILES string of the molecule is O=C(CSc1ccc(Cl)cc1)N(CCCN1CCOCC1)c1nc2ccccc2s1. The van der Waals surface area contributed by atoms with Crippen molar-refractivity contribution < 1.29 is 9.53 Å². The van der Waals surface area contributed by atoms with Gasteiger partial charge in [0.2, 0.25) is 5.91 Å². The Labute approximate surface area is 190 Å². The number of anilines is 1. The van der Waals surface area contributed by atoms with Crippen molar-refractivity contribution in [2.45, 2.75) is 11.3 Å². The lowest BCUT2D eigenvalue weighted by atomic mass is 10.3. The van der Waals surface area contributed by atoms with Gasteiger partial charge in [0.05, 0.1) is 29.2 Å². The van der Waals surface area contributed by atoms with Gasteiger partial charge in [0.25, 0.3) is 0 Å². The lowest BCUT2D eigenvalue weighted by molar-refractivity contribution is -0.116. The van der Waals surface area contributed by atoms with E-state index in [9.17, 15) is 4.79 Å². The summed E-state index contributed by atoms with van der Waals surface area (Å²) in [4.78, 5) is 23.2. The van der Waals surface area contributed by atoms with Crippen molar-refractivity contribution in [2.24, 2.45) is 0 Å². The van der Waals surface area contributed by atoms with E-state index in [1.54, 1.807) is 11.3 Å². The van der Waals surface area contributed by atoms with Gasteiger partial charge in [0, 0.05) is 36.1 Å². The van der Waals surface area contributed by atoms with E-state index in [1.165, 1.54) is 11.8 Å². The Balaban J connectivity index is 1.43. The van der Waals surface area contributed by atoms with E-state index in [0.717, 1.165) is 59.5 Å². The maximum Gasteiger partial charge on any atom is 0.239 e. The number of carbonyl (C=O) groups excluding carboxylic acids is 1. The molecule has 1 fully saturated rings. The number of thiazole rings is 1. The zero-order valence-corrected chi connectivity index (χ0v) is 19.0. The van der Waals surface area contributed by atoms with Gasteiger partial charge in [-0.3, -0.25) is 14.6 Å². The molecule has 0 spiro atoms. The van der Waals surface area contributed by atoms with Gasteiger partial charge in [0.1, 0.15) is 0 Å². The van der Waals surface area contributed by atoms with Crippen LogP contribution in [0.1, 0.15) is 6.42 Å². The molecule has 1 aromatic heterocycles. The molecule has 5 nitrogen and oxygen atoms in total. The van der Waals surface area contributed by atoms with Crippen LogP contribution >= 0.6 is 34.7 Å². The third-order valence-corrected chi connectivity index (χ3v) is 7.26. The van der Waals surface area contributed by atoms with E-state index in [2.05, 4.69) is 11.0 Å². The molecule has 3 aromatic rings. The Morgan fingerprint density at radius 3 is 2.70 bits per heavy atom. The Morgan fingerprint density at radius 1 is 1.17 bits per heavy atom. The number of hydrogen-bond donors (Lipinski definition) is 0. The highest BCUT2D eigenvalue weighted by Gasteiger charge is 2.20. The van der Waals surface area contributed by atoms with Crippen LogP contribution < -0.4 is 4.90 Å². The average Bonchev–Trinajstić information content (AvgIpc) is 3.20. The first kappa shape index (κ1) is 21.6. The van der Waals surface area contributed by atoms with Gasteiger partial charge in [-0.05, 0) is 42.8 Å². The van der Waals surface area contributed by atoms with Crippen LogP contribution in [-0.4, -0.2) is 60.9 Å². The number of benzene rings is 2. The normalized spacial score (nSPS) is 14.8. The topological polar surface area (TPSA) is 45.7 Å². The summed E-state index contributed by atoms with van der Waals surface area (Å²) in [5, 5.41) is 1.48. The van der Waals surface area contributed by atoms with E-state index in [0.29, 0.717) is 17.3 Å². The second kappa shape index (κ2) is 10.6. The number of morpholine rings is 1. The fourth-order valence-electron chi connectivity index (χ4n) is 3.33. The van der Waals surface area contributed by atoms with E-state index in [4.69, 9.17) is 21.3 Å². The zero-order valence-electron chi connectivity index (χ0n) is 16.6. The Bertz CT molecular complexity index is 941. The molecule has 4 rings (SSSR count). The predicted octanol–water partition coefficient (Wildman–Crippen LogP) is 4.80. The highest BCUT2D eigenvalue weighted by Crippen LogP contribution is 2.30. The molecule has 0 N–H and O–H groups in total. The third kappa shape index (κ3) is 5.74. The van der Waals surface area contributed by atoms with Crippen LogP contribution in [0.5, 0.6) is 0 Å². The quantitative estimate of drug-likeness (QED) is 0.451. The number of halogens is 1. The number of carbonyl (C=O) groups is 1. The molecule has 1 amide bonds. The zero-order chi connectivity index (χ0) is 20.8. The van der Waals surface area contributed by atoms with Crippen molar-refractivity contribution in [1.29, 1.82) is 0 Å². The fraction of sp³-hybridized carbons (Fsp3) is 0.364. The Kier molecular flexibility index (Phi) is 7.62. The molecule has 0 saturated carbocycles. The van der Waals surface area contributed by atoms with Gasteiger partial charge in [-0.25, -0.2) is 4.98 Å². The third-order valence-electron chi connectivity index (χ3n) is 4.95. The van der Waals surface area contributed by atoms with Crippen LogP contribution in [-0.2, 0) is 9.53 Å². The van der Waals surface area contributed by atoms with Crippen LogP contribution in [0, 0.1) is 0 Å². The molecule has 0 bridgehead atoms. The van der Waals surface area contributed by atoms with Gasteiger partial charge >= 0.3 is 0 Å². The first-order valence-electron chi connectivity index (χ1n) is 10.0. The number of thioether (sulfide) groups is 1. The average molecular weight is 462 g/mol. The van der Waals surface area contributed by atoms with E-state index < -0.39 is 0 Å². The second-order valence-electron chi connectivity index (χ2n) is 7.06. The summed E-state index contributed by atoms with van der Waals surface area (Å²) >= 11 is 9.07. The summed E-state index contributed by atoms with van der Waals surface area (Å²) in [6.07, 6.45) is 0.910. The molecule has 2 aromatic carbocycles. The monoisotopic (exact) mass is 461 g/mol. The van der Waals surface area contributed by atoms with Crippen LogP contribution in [0.2, 0.25) is 5.02 Å². The summed E-state index contributed by atoms with van der Waals surface area (Å²) in [5.74, 6) is 0.450. The van der Waals surface area contributed by atoms with Crippen molar-refractivity contribution >= 4 is 56.0 Å². The highest BCUT2D eigenvalue weighted by molar-refractivity contribution is 8.00. The van der Waals surface area contributed by atoms with Crippen molar-refractivity contribution in [3.63, 3.8) is 0 Å². The standard InChI is InChI=1S/C22H24ClN3O2S2/c23-17-6-8-18(9-7-17)29-16-21(27)26(11-3-10-25-12-14-28-15-13-25)22-24-19-4-1-2-5-20(19)30-22/h1-2,4-9H,3,10-16H2. The van der Waals surface area contributed by atoms with Gasteiger partial charge in [-0.2, -0.15) is 0 Å². The first-order valence-corrected chi connectivity index (χ1v) is 12.2. The number of para-hydroxylation sites is 1. The number of nitrogens with zero attached hydrogens (tertiary/aromatic N) is 3.